The lowest BCUT2D eigenvalue weighted by molar-refractivity contribution is -0.923. The van der Waals surface area contributed by atoms with Crippen molar-refractivity contribution < 1.29 is 4.48 Å². The summed E-state index contributed by atoms with van der Waals surface area (Å²) in [7, 11) is 0. The SMILES string of the molecule is CC[N+](CC)(CC)CCc1c[nH]c2ccc(Cn3cncn3)cc12. The van der Waals surface area contributed by atoms with Gasteiger partial charge in [-0.3, -0.25) is 0 Å². The number of aromatic nitrogens is 4. The van der Waals surface area contributed by atoms with E-state index in [1.54, 1.807) is 12.7 Å². The van der Waals surface area contributed by atoms with Crippen LogP contribution in [0.15, 0.2) is 37.1 Å². The molecule has 2 aromatic heterocycles. The molecular formula is C19H28N5+. The summed E-state index contributed by atoms with van der Waals surface area (Å²) >= 11 is 0. The molecule has 2 heterocycles. The summed E-state index contributed by atoms with van der Waals surface area (Å²) in [6.07, 6.45) is 6.64. The second kappa shape index (κ2) is 7.18. The number of quaternary nitrogens is 1. The number of fused-ring (bicyclic) bond motifs is 1. The normalized spacial score (nSPS) is 12.1. The first-order valence-corrected chi connectivity index (χ1v) is 8.96. The highest BCUT2D eigenvalue weighted by Crippen LogP contribution is 2.22. The van der Waals surface area contributed by atoms with Crippen LogP contribution in [0.5, 0.6) is 0 Å². The lowest BCUT2D eigenvalue weighted by Gasteiger charge is -2.35. The predicted molar refractivity (Wildman–Crippen MR) is 97.9 cm³/mol. The fraction of sp³-hybridized carbons (Fsp3) is 0.474. The van der Waals surface area contributed by atoms with E-state index in [1.165, 1.54) is 52.7 Å². The molecule has 1 N–H and O–H groups in total. The van der Waals surface area contributed by atoms with Gasteiger partial charge in [0.25, 0.3) is 0 Å². The van der Waals surface area contributed by atoms with Crippen LogP contribution in [0, 0.1) is 0 Å². The van der Waals surface area contributed by atoms with Gasteiger partial charge in [0.2, 0.25) is 0 Å². The lowest BCUT2D eigenvalue weighted by atomic mass is 10.1. The molecule has 5 nitrogen and oxygen atoms in total. The van der Waals surface area contributed by atoms with Gasteiger partial charge in [0, 0.05) is 23.5 Å². The standard InChI is InChI=1S/C19H28N5/c1-4-24(5-2,6-3)10-9-17-12-21-19-8-7-16(11-18(17)19)13-23-15-20-14-22-23/h7-8,11-12,14-15,21H,4-6,9-10,13H2,1-3H3/q+1. The largest absolute Gasteiger partial charge is 0.361 e. The van der Waals surface area contributed by atoms with Crippen LogP contribution < -0.4 is 0 Å². The zero-order valence-electron chi connectivity index (χ0n) is 15.0. The van der Waals surface area contributed by atoms with Crippen LogP contribution in [0.25, 0.3) is 10.9 Å². The zero-order valence-corrected chi connectivity index (χ0v) is 15.0. The maximum Gasteiger partial charge on any atom is 0.137 e. The Morgan fingerprint density at radius 3 is 2.58 bits per heavy atom. The van der Waals surface area contributed by atoms with E-state index in [1.807, 2.05) is 4.68 Å². The third-order valence-corrected chi connectivity index (χ3v) is 5.51. The van der Waals surface area contributed by atoms with Crippen LogP contribution in [0.4, 0.5) is 0 Å². The van der Waals surface area contributed by atoms with Gasteiger partial charge >= 0.3 is 0 Å². The number of rotatable bonds is 8. The van der Waals surface area contributed by atoms with Crippen LogP contribution in [-0.4, -0.2) is 50.4 Å². The van der Waals surface area contributed by atoms with Gasteiger partial charge < -0.3 is 9.47 Å². The van der Waals surface area contributed by atoms with Gasteiger partial charge in [-0.1, -0.05) is 6.07 Å². The Kier molecular flexibility index (Phi) is 5.00. The zero-order chi connectivity index (χ0) is 17.0. The summed E-state index contributed by atoms with van der Waals surface area (Å²) in [6.45, 7) is 12.5. The minimum atomic E-state index is 0.763. The second-order valence-corrected chi connectivity index (χ2v) is 6.55. The molecule has 24 heavy (non-hydrogen) atoms. The van der Waals surface area contributed by atoms with Gasteiger partial charge in [0.1, 0.15) is 12.7 Å². The van der Waals surface area contributed by atoms with Crippen LogP contribution >= 0.6 is 0 Å². The van der Waals surface area contributed by atoms with Crippen LogP contribution in [0.2, 0.25) is 0 Å². The Balaban J connectivity index is 1.81. The van der Waals surface area contributed by atoms with Gasteiger partial charge in [-0.25, -0.2) is 9.67 Å². The van der Waals surface area contributed by atoms with E-state index < -0.39 is 0 Å². The average molecular weight is 326 g/mol. The first kappa shape index (κ1) is 16.7. The van der Waals surface area contributed by atoms with Crippen LogP contribution in [0.1, 0.15) is 31.9 Å². The molecule has 0 aliphatic heterocycles. The van der Waals surface area contributed by atoms with Crippen LogP contribution in [0.3, 0.4) is 0 Å². The number of nitrogens with zero attached hydrogens (tertiary/aromatic N) is 4. The highest BCUT2D eigenvalue weighted by Gasteiger charge is 2.21. The molecule has 3 aromatic rings. The monoisotopic (exact) mass is 326 g/mol. The van der Waals surface area contributed by atoms with Crippen LogP contribution in [-0.2, 0) is 13.0 Å². The molecule has 0 radical (unpaired) electrons. The topological polar surface area (TPSA) is 46.5 Å². The summed E-state index contributed by atoms with van der Waals surface area (Å²) in [5.74, 6) is 0. The third kappa shape index (κ3) is 3.36. The maximum atomic E-state index is 4.20. The second-order valence-electron chi connectivity index (χ2n) is 6.55. The molecule has 0 amide bonds. The quantitative estimate of drug-likeness (QED) is 0.646. The van der Waals surface area contributed by atoms with Gasteiger partial charge in [0.15, 0.2) is 0 Å². The van der Waals surface area contributed by atoms with Crippen molar-refractivity contribution in [3.8, 4) is 0 Å². The fourth-order valence-corrected chi connectivity index (χ4v) is 3.53. The predicted octanol–water partition coefficient (Wildman–Crippen LogP) is 3.23. The highest BCUT2D eigenvalue weighted by molar-refractivity contribution is 5.83. The van der Waals surface area contributed by atoms with E-state index in [0.29, 0.717) is 0 Å². The highest BCUT2D eigenvalue weighted by atomic mass is 15.3. The minimum Gasteiger partial charge on any atom is -0.361 e. The summed E-state index contributed by atoms with van der Waals surface area (Å²) in [4.78, 5) is 7.44. The van der Waals surface area contributed by atoms with Crippen molar-refractivity contribution in [2.75, 3.05) is 26.2 Å². The molecule has 0 fully saturated rings. The molecule has 0 saturated heterocycles. The van der Waals surface area contributed by atoms with E-state index in [9.17, 15) is 0 Å². The van der Waals surface area contributed by atoms with Crippen molar-refractivity contribution in [3.05, 3.63) is 48.2 Å². The number of benzene rings is 1. The lowest BCUT2D eigenvalue weighted by Crippen LogP contribution is -2.48. The Morgan fingerprint density at radius 1 is 1.12 bits per heavy atom. The summed E-state index contributed by atoms with van der Waals surface area (Å²) in [5.41, 5.74) is 3.90. The molecule has 0 unspecified atom stereocenters. The number of nitrogens with one attached hydrogen (secondary N) is 1. The smallest absolute Gasteiger partial charge is 0.137 e. The fourth-order valence-electron chi connectivity index (χ4n) is 3.53. The average Bonchev–Trinajstić information content (AvgIpc) is 3.26. The first-order chi connectivity index (χ1) is 11.7. The van der Waals surface area contributed by atoms with Crippen molar-refractivity contribution in [3.63, 3.8) is 0 Å². The molecule has 1 aromatic carbocycles. The third-order valence-electron chi connectivity index (χ3n) is 5.51. The summed E-state index contributed by atoms with van der Waals surface area (Å²) in [6, 6.07) is 6.63. The molecule has 0 saturated carbocycles. The molecule has 0 spiro atoms. The van der Waals surface area contributed by atoms with Crippen molar-refractivity contribution in [2.45, 2.75) is 33.7 Å². The number of hydrogen-bond acceptors (Lipinski definition) is 2. The molecule has 128 valence electrons. The number of H-pyrrole nitrogens is 1. The van der Waals surface area contributed by atoms with Crippen molar-refractivity contribution in [2.24, 2.45) is 0 Å². The molecule has 3 rings (SSSR count). The van der Waals surface area contributed by atoms with E-state index in [4.69, 9.17) is 0 Å². The molecule has 0 bridgehead atoms. The van der Waals surface area contributed by atoms with Crippen molar-refractivity contribution >= 4 is 10.9 Å². The summed E-state index contributed by atoms with van der Waals surface area (Å²) in [5, 5.41) is 5.54. The molecule has 0 aliphatic rings. The number of hydrogen-bond donors (Lipinski definition) is 1. The minimum absolute atomic E-state index is 0.763. The Bertz CT molecular complexity index is 760. The molecule has 0 aliphatic carbocycles. The van der Waals surface area contributed by atoms with Gasteiger partial charge in [-0.05, 0) is 44.0 Å². The molecular weight excluding hydrogens is 298 g/mol. The summed E-state index contributed by atoms with van der Waals surface area (Å²) < 4.78 is 3.05. The van der Waals surface area contributed by atoms with Crippen molar-refractivity contribution in [1.29, 1.82) is 0 Å². The first-order valence-electron chi connectivity index (χ1n) is 8.96. The Morgan fingerprint density at radius 2 is 1.92 bits per heavy atom. The van der Waals surface area contributed by atoms with E-state index in [2.05, 4.69) is 60.2 Å². The van der Waals surface area contributed by atoms with E-state index in [-0.39, 0.29) is 0 Å². The maximum absolute atomic E-state index is 4.20. The Hall–Kier alpha value is -2.14. The van der Waals surface area contributed by atoms with E-state index in [0.717, 1.165) is 13.0 Å². The number of aromatic amines is 1. The number of likely N-dealkylation sites (N-methyl/N-ethyl adjacent to an activating group) is 1. The molecule has 5 heteroatoms. The van der Waals surface area contributed by atoms with Crippen molar-refractivity contribution in [1.82, 2.24) is 19.7 Å². The van der Waals surface area contributed by atoms with E-state index >= 15 is 0 Å². The van der Waals surface area contributed by atoms with Gasteiger partial charge in [0.05, 0.1) is 32.7 Å². The van der Waals surface area contributed by atoms with Gasteiger partial charge in [-0.2, -0.15) is 5.10 Å². The Labute approximate surface area is 143 Å². The molecule has 0 atom stereocenters. The van der Waals surface area contributed by atoms with Gasteiger partial charge in [-0.15, -0.1) is 0 Å².